The molecule has 3 rings (SSSR count). The van der Waals surface area contributed by atoms with Crippen molar-refractivity contribution in [2.24, 2.45) is 0 Å². The lowest BCUT2D eigenvalue weighted by atomic mass is 9.89. The van der Waals surface area contributed by atoms with Crippen LogP contribution in [0.1, 0.15) is 49.7 Å². The molecule has 6 nitrogen and oxygen atoms in total. The van der Waals surface area contributed by atoms with Crippen LogP contribution in [0.15, 0.2) is 33.3 Å². The van der Waals surface area contributed by atoms with Crippen LogP contribution < -0.4 is 5.32 Å². The number of halogens is 1. The molecule has 2 aromatic rings. The van der Waals surface area contributed by atoms with Crippen molar-refractivity contribution in [2.45, 2.75) is 44.4 Å². The molecular weight excluding hydrogens is 384 g/mol. The lowest BCUT2D eigenvalue weighted by Crippen LogP contribution is -2.33. The van der Waals surface area contributed by atoms with Crippen LogP contribution in [0.25, 0.3) is 0 Å². The third kappa shape index (κ3) is 5.04. The number of carbonyl (C=O) groups is 1. The van der Waals surface area contributed by atoms with E-state index in [4.69, 9.17) is 4.52 Å². The van der Waals surface area contributed by atoms with Crippen molar-refractivity contribution in [3.05, 3.63) is 40.5 Å². The zero-order valence-electron chi connectivity index (χ0n) is 14.4. The topological polar surface area (TPSA) is 71.3 Å². The molecule has 0 aliphatic heterocycles. The highest BCUT2D eigenvalue weighted by Crippen LogP contribution is 2.31. The number of urea groups is 1. The fraction of sp³-hybridized carbons (Fsp3) is 0.500. The molecule has 1 saturated carbocycles. The van der Waals surface area contributed by atoms with Gasteiger partial charge in [0.05, 0.1) is 0 Å². The molecule has 1 N–H and O–H groups in total. The van der Waals surface area contributed by atoms with Crippen LogP contribution in [-0.2, 0) is 6.42 Å². The Morgan fingerprint density at radius 2 is 2.16 bits per heavy atom. The first-order valence-corrected chi connectivity index (χ1v) is 9.51. The number of rotatable bonds is 5. The molecule has 134 valence electrons. The molecule has 1 aliphatic rings. The minimum absolute atomic E-state index is 0.158. The standard InChI is InChI=1S/C18H23BrN4O2/c1-23(18(24)20-15-9-5-8-14(19)12-15)11-10-16-21-17(25-22-16)13-6-3-2-4-7-13/h5,8-9,12-13H,2-4,6-7,10-11H2,1H3,(H,20,24). The summed E-state index contributed by atoms with van der Waals surface area (Å²) in [5, 5.41) is 6.94. The smallest absolute Gasteiger partial charge is 0.321 e. The first-order valence-electron chi connectivity index (χ1n) is 8.72. The van der Waals surface area contributed by atoms with Crippen LogP contribution >= 0.6 is 15.9 Å². The molecular formula is C18H23BrN4O2. The summed E-state index contributed by atoms with van der Waals surface area (Å²) in [5.41, 5.74) is 0.755. The number of hydrogen-bond acceptors (Lipinski definition) is 4. The normalized spacial score (nSPS) is 15.1. The van der Waals surface area contributed by atoms with Crippen molar-refractivity contribution in [2.75, 3.05) is 18.9 Å². The first-order chi connectivity index (χ1) is 12.1. The van der Waals surface area contributed by atoms with E-state index in [1.54, 1.807) is 11.9 Å². The van der Waals surface area contributed by atoms with Crippen LogP contribution in [0, 0.1) is 0 Å². The number of hydrogen-bond donors (Lipinski definition) is 1. The van der Waals surface area contributed by atoms with E-state index in [1.165, 1.54) is 19.3 Å². The molecule has 25 heavy (non-hydrogen) atoms. The van der Waals surface area contributed by atoms with Gasteiger partial charge >= 0.3 is 6.03 Å². The monoisotopic (exact) mass is 406 g/mol. The van der Waals surface area contributed by atoms with Crippen molar-refractivity contribution in [1.82, 2.24) is 15.0 Å². The second-order valence-corrected chi connectivity index (χ2v) is 7.41. The largest absolute Gasteiger partial charge is 0.339 e. The number of likely N-dealkylation sites (N-methyl/N-ethyl adjacent to an activating group) is 1. The summed E-state index contributed by atoms with van der Waals surface area (Å²) in [6.07, 6.45) is 6.63. The first kappa shape index (κ1) is 17.9. The molecule has 1 fully saturated rings. The maximum atomic E-state index is 12.2. The van der Waals surface area contributed by atoms with Gasteiger partial charge in [-0.1, -0.05) is 46.4 Å². The highest BCUT2D eigenvalue weighted by Gasteiger charge is 2.21. The van der Waals surface area contributed by atoms with Gasteiger partial charge in [0.25, 0.3) is 0 Å². The molecule has 1 aromatic carbocycles. The average molecular weight is 407 g/mol. The highest BCUT2D eigenvalue weighted by molar-refractivity contribution is 9.10. The summed E-state index contributed by atoms with van der Waals surface area (Å²) >= 11 is 3.39. The van der Waals surface area contributed by atoms with Crippen molar-refractivity contribution in [1.29, 1.82) is 0 Å². The number of nitrogens with zero attached hydrogens (tertiary/aromatic N) is 3. The zero-order chi connectivity index (χ0) is 17.6. The van der Waals surface area contributed by atoms with E-state index in [0.717, 1.165) is 28.9 Å². The summed E-state index contributed by atoms with van der Waals surface area (Å²) < 4.78 is 6.35. The van der Waals surface area contributed by atoms with E-state index >= 15 is 0 Å². The van der Waals surface area contributed by atoms with E-state index in [-0.39, 0.29) is 6.03 Å². The van der Waals surface area contributed by atoms with E-state index in [9.17, 15) is 4.79 Å². The summed E-state index contributed by atoms with van der Waals surface area (Å²) in [4.78, 5) is 18.4. The van der Waals surface area contributed by atoms with Gasteiger partial charge in [-0.15, -0.1) is 0 Å². The maximum absolute atomic E-state index is 12.2. The number of nitrogens with one attached hydrogen (secondary N) is 1. The Morgan fingerprint density at radius 3 is 2.92 bits per heavy atom. The number of amides is 2. The van der Waals surface area contributed by atoms with Gasteiger partial charge in [-0.2, -0.15) is 4.98 Å². The van der Waals surface area contributed by atoms with E-state index in [1.807, 2.05) is 24.3 Å². The van der Waals surface area contributed by atoms with Gasteiger partial charge in [0.2, 0.25) is 5.89 Å². The summed E-state index contributed by atoms with van der Waals surface area (Å²) in [5.74, 6) is 1.84. The average Bonchev–Trinajstić information content (AvgIpc) is 3.09. The second-order valence-electron chi connectivity index (χ2n) is 6.50. The molecule has 0 bridgehead atoms. The third-order valence-electron chi connectivity index (χ3n) is 4.53. The Bertz CT molecular complexity index is 713. The summed E-state index contributed by atoms with van der Waals surface area (Å²) in [6, 6.07) is 7.35. The number of benzene rings is 1. The van der Waals surface area contributed by atoms with E-state index in [0.29, 0.717) is 24.7 Å². The van der Waals surface area contributed by atoms with Gasteiger partial charge in [0, 0.05) is 36.1 Å². The zero-order valence-corrected chi connectivity index (χ0v) is 16.0. The molecule has 1 aromatic heterocycles. The van der Waals surface area contributed by atoms with Crippen LogP contribution in [-0.4, -0.2) is 34.7 Å². The molecule has 0 atom stereocenters. The summed E-state index contributed by atoms with van der Waals surface area (Å²) in [7, 11) is 1.76. The molecule has 1 heterocycles. The van der Waals surface area contributed by atoms with Crippen LogP contribution in [0.4, 0.5) is 10.5 Å². The van der Waals surface area contributed by atoms with Crippen LogP contribution in [0.5, 0.6) is 0 Å². The van der Waals surface area contributed by atoms with Gasteiger partial charge in [0.1, 0.15) is 0 Å². The fourth-order valence-corrected chi connectivity index (χ4v) is 3.44. The molecule has 7 heteroatoms. The minimum atomic E-state index is -0.158. The third-order valence-corrected chi connectivity index (χ3v) is 5.02. The number of aromatic nitrogens is 2. The highest BCUT2D eigenvalue weighted by atomic mass is 79.9. The molecule has 0 unspecified atom stereocenters. The Labute approximate surface area is 156 Å². The lowest BCUT2D eigenvalue weighted by molar-refractivity contribution is 0.222. The van der Waals surface area contributed by atoms with Gasteiger partial charge in [0.15, 0.2) is 5.82 Å². The Hall–Kier alpha value is -1.89. The lowest BCUT2D eigenvalue weighted by Gasteiger charge is -2.17. The van der Waals surface area contributed by atoms with Gasteiger partial charge in [-0.25, -0.2) is 4.79 Å². The van der Waals surface area contributed by atoms with Crippen molar-refractivity contribution in [3.63, 3.8) is 0 Å². The van der Waals surface area contributed by atoms with E-state index < -0.39 is 0 Å². The quantitative estimate of drug-likeness (QED) is 0.787. The van der Waals surface area contributed by atoms with Crippen molar-refractivity contribution in [3.8, 4) is 0 Å². The van der Waals surface area contributed by atoms with Crippen LogP contribution in [0.3, 0.4) is 0 Å². The predicted octanol–water partition coefficient (Wildman–Crippen LogP) is 4.59. The predicted molar refractivity (Wildman–Crippen MR) is 99.6 cm³/mol. The molecule has 1 aliphatic carbocycles. The summed E-state index contributed by atoms with van der Waals surface area (Å²) in [6.45, 7) is 0.531. The number of anilines is 1. The molecule has 0 spiro atoms. The van der Waals surface area contributed by atoms with Crippen molar-refractivity contribution < 1.29 is 9.32 Å². The van der Waals surface area contributed by atoms with Gasteiger partial charge in [-0.3, -0.25) is 0 Å². The fourth-order valence-electron chi connectivity index (χ4n) is 3.04. The SMILES string of the molecule is CN(CCc1noc(C2CCCCC2)n1)C(=O)Nc1cccc(Br)c1. The van der Waals surface area contributed by atoms with E-state index in [2.05, 4.69) is 31.4 Å². The van der Waals surface area contributed by atoms with Gasteiger partial charge < -0.3 is 14.7 Å². The Balaban J connectivity index is 1.49. The number of carbonyl (C=O) groups excluding carboxylic acids is 1. The molecule has 0 radical (unpaired) electrons. The second kappa shape index (κ2) is 8.47. The molecule has 0 saturated heterocycles. The van der Waals surface area contributed by atoms with Gasteiger partial charge in [-0.05, 0) is 31.0 Å². The molecule has 2 amide bonds. The Morgan fingerprint density at radius 1 is 1.36 bits per heavy atom. The maximum Gasteiger partial charge on any atom is 0.321 e. The van der Waals surface area contributed by atoms with Crippen molar-refractivity contribution >= 4 is 27.6 Å². The minimum Gasteiger partial charge on any atom is -0.339 e. The van der Waals surface area contributed by atoms with Crippen LogP contribution in [0.2, 0.25) is 0 Å². The Kier molecular flexibility index (Phi) is 6.07.